The minimum Gasteiger partial charge on any atom is -0.467 e. The number of hydrogen-bond donors (Lipinski definition) is 3. The van der Waals surface area contributed by atoms with Crippen LogP contribution in [0.5, 0.6) is 0 Å². The van der Waals surface area contributed by atoms with Gasteiger partial charge in [-0.15, -0.1) is 11.3 Å². The van der Waals surface area contributed by atoms with Gasteiger partial charge >= 0.3 is 0 Å². The van der Waals surface area contributed by atoms with E-state index >= 15 is 0 Å². The van der Waals surface area contributed by atoms with Crippen molar-refractivity contribution in [1.29, 1.82) is 0 Å². The van der Waals surface area contributed by atoms with E-state index in [0.717, 1.165) is 32.1 Å². The van der Waals surface area contributed by atoms with Gasteiger partial charge in [0.1, 0.15) is 10.9 Å². The standard InChI is InChI=1S/C16H18ClN3O2S/c1-9-13(5-10(18)8-21)23-16-12(6-14(17)20-15(9)16)19-7-11-3-2-4-22-11/h2-4,6,10,21H,5,7-8,18H2,1H3,(H,19,20). The molecule has 1 atom stereocenters. The van der Waals surface area contributed by atoms with Crippen LogP contribution in [0.4, 0.5) is 5.69 Å². The number of aromatic nitrogens is 1. The molecule has 5 nitrogen and oxygen atoms in total. The van der Waals surface area contributed by atoms with Gasteiger partial charge in [0.15, 0.2) is 0 Å². The van der Waals surface area contributed by atoms with Crippen molar-refractivity contribution < 1.29 is 9.52 Å². The first-order chi connectivity index (χ1) is 11.1. The number of furan rings is 1. The average molecular weight is 352 g/mol. The van der Waals surface area contributed by atoms with Gasteiger partial charge in [-0.1, -0.05) is 11.6 Å². The second-order valence-corrected chi connectivity index (χ2v) is 6.89. The maximum Gasteiger partial charge on any atom is 0.131 e. The third-order valence-electron chi connectivity index (χ3n) is 3.66. The highest BCUT2D eigenvalue weighted by Crippen LogP contribution is 2.37. The van der Waals surface area contributed by atoms with Crippen molar-refractivity contribution in [3.05, 3.63) is 45.8 Å². The number of aliphatic hydroxyl groups is 1. The van der Waals surface area contributed by atoms with E-state index in [9.17, 15) is 5.11 Å². The van der Waals surface area contributed by atoms with E-state index in [4.69, 9.17) is 21.8 Å². The van der Waals surface area contributed by atoms with Crippen LogP contribution < -0.4 is 11.1 Å². The van der Waals surface area contributed by atoms with E-state index < -0.39 is 0 Å². The average Bonchev–Trinajstić information content (AvgIpc) is 3.15. The fourth-order valence-corrected chi connectivity index (χ4v) is 3.94. The van der Waals surface area contributed by atoms with E-state index in [2.05, 4.69) is 10.3 Å². The summed E-state index contributed by atoms with van der Waals surface area (Å²) in [5.74, 6) is 0.849. The summed E-state index contributed by atoms with van der Waals surface area (Å²) in [6.07, 6.45) is 2.27. The van der Waals surface area contributed by atoms with Gasteiger partial charge in [-0.2, -0.15) is 0 Å². The molecule has 0 aliphatic carbocycles. The SMILES string of the molecule is Cc1c(CC(N)CO)sc2c(NCc3ccco3)cc(Cl)nc12. The second-order valence-electron chi connectivity index (χ2n) is 5.40. The predicted octanol–water partition coefficient (Wildman–Crippen LogP) is 3.33. The lowest BCUT2D eigenvalue weighted by molar-refractivity contribution is 0.265. The van der Waals surface area contributed by atoms with Crippen molar-refractivity contribution in [2.45, 2.75) is 25.9 Å². The van der Waals surface area contributed by atoms with E-state index in [1.54, 1.807) is 17.6 Å². The van der Waals surface area contributed by atoms with Crippen LogP contribution in [-0.2, 0) is 13.0 Å². The second kappa shape index (κ2) is 6.88. The highest BCUT2D eigenvalue weighted by Gasteiger charge is 2.16. The number of nitrogens with zero attached hydrogens (tertiary/aromatic N) is 1. The Morgan fingerprint density at radius 3 is 3.04 bits per heavy atom. The summed E-state index contributed by atoms with van der Waals surface area (Å²) in [6, 6.07) is 5.32. The van der Waals surface area contributed by atoms with Gasteiger partial charge in [-0.05, 0) is 31.0 Å². The molecule has 0 aromatic carbocycles. The number of fused-ring (bicyclic) bond motifs is 1. The Hall–Kier alpha value is -1.60. The molecule has 0 saturated carbocycles. The van der Waals surface area contributed by atoms with Crippen LogP contribution in [0.15, 0.2) is 28.9 Å². The molecule has 3 heterocycles. The molecule has 0 aliphatic heterocycles. The van der Waals surface area contributed by atoms with Crippen LogP contribution in [0, 0.1) is 6.92 Å². The number of aryl methyl sites for hydroxylation is 1. The summed E-state index contributed by atoms with van der Waals surface area (Å²) in [5.41, 5.74) is 8.74. The van der Waals surface area contributed by atoms with Crippen LogP contribution >= 0.6 is 22.9 Å². The first kappa shape index (κ1) is 16.3. The third-order valence-corrected chi connectivity index (χ3v) is 5.19. The molecular formula is C16H18ClN3O2S. The lowest BCUT2D eigenvalue weighted by Gasteiger charge is -2.06. The van der Waals surface area contributed by atoms with Crippen molar-refractivity contribution in [2.24, 2.45) is 5.73 Å². The molecule has 3 rings (SSSR count). The molecule has 0 aliphatic rings. The molecule has 3 aromatic heterocycles. The number of nitrogens with two attached hydrogens (primary N) is 1. The minimum atomic E-state index is -0.267. The Kier molecular flexibility index (Phi) is 4.87. The summed E-state index contributed by atoms with van der Waals surface area (Å²) < 4.78 is 6.38. The number of anilines is 1. The molecule has 7 heteroatoms. The lowest BCUT2D eigenvalue weighted by atomic mass is 10.1. The lowest BCUT2D eigenvalue weighted by Crippen LogP contribution is -2.26. The van der Waals surface area contributed by atoms with Crippen molar-refractivity contribution in [2.75, 3.05) is 11.9 Å². The number of thiophene rings is 1. The smallest absolute Gasteiger partial charge is 0.131 e. The molecule has 1 unspecified atom stereocenters. The maximum absolute atomic E-state index is 9.17. The molecule has 0 spiro atoms. The van der Waals surface area contributed by atoms with E-state index in [-0.39, 0.29) is 12.6 Å². The quantitative estimate of drug-likeness (QED) is 0.593. The third kappa shape index (κ3) is 3.50. The first-order valence-electron chi connectivity index (χ1n) is 7.29. The topological polar surface area (TPSA) is 84.3 Å². The Morgan fingerprint density at radius 1 is 1.52 bits per heavy atom. The molecule has 4 N–H and O–H groups in total. The first-order valence-corrected chi connectivity index (χ1v) is 8.49. The maximum atomic E-state index is 9.17. The summed E-state index contributed by atoms with van der Waals surface area (Å²) in [5, 5.41) is 13.0. The van der Waals surface area contributed by atoms with Gasteiger partial charge in [0.05, 0.1) is 35.3 Å². The largest absolute Gasteiger partial charge is 0.467 e. The monoisotopic (exact) mass is 351 g/mol. The van der Waals surface area contributed by atoms with Gasteiger partial charge in [-0.25, -0.2) is 4.98 Å². The summed E-state index contributed by atoms with van der Waals surface area (Å²) in [4.78, 5) is 5.57. The van der Waals surface area contributed by atoms with E-state index in [1.165, 1.54) is 0 Å². The molecule has 0 fully saturated rings. The molecule has 0 saturated heterocycles. The molecule has 0 radical (unpaired) electrons. The van der Waals surface area contributed by atoms with E-state index in [1.807, 2.05) is 25.1 Å². The van der Waals surface area contributed by atoms with Crippen LogP contribution in [-0.4, -0.2) is 22.7 Å². The van der Waals surface area contributed by atoms with Crippen molar-refractivity contribution in [3.8, 4) is 0 Å². The Balaban J connectivity index is 1.95. The number of pyridine rings is 1. The highest BCUT2D eigenvalue weighted by molar-refractivity contribution is 7.19. The van der Waals surface area contributed by atoms with Crippen molar-refractivity contribution in [3.63, 3.8) is 0 Å². The molecule has 0 bridgehead atoms. The predicted molar refractivity (Wildman–Crippen MR) is 94.2 cm³/mol. The molecule has 3 aromatic rings. The number of nitrogens with one attached hydrogen (secondary N) is 1. The summed E-state index contributed by atoms with van der Waals surface area (Å²) >= 11 is 7.80. The van der Waals surface area contributed by atoms with E-state index in [0.29, 0.717) is 18.1 Å². The molecule has 23 heavy (non-hydrogen) atoms. The van der Waals surface area contributed by atoms with Gasteiger partial charge < -0.3 is 20.6 Å². The number of hydrogen-bond acceptors (Lipinski definition) is 6. The van der Waals surface area contributed by atoms with Gasteiger partial charge in [-0.3, -0.25) is 0 Å². The Labute approximate surface area is 143 Å². The van der Waals surface area contributed by atoms with Crippen LogP contribution in [0.1, 0.15) is 16.2 Å². The van der Waals surface area contributed by atoms with Crippen LogP contribution in [0.3, 0.4) is 0 Å². The molecule has 122 valence electrons. The van der Waals surface area contributed by atoms with Crippen molar-refractivity contribution in [1.82, 2.24) is 4.98 Å². The normalized spacial score (nSPS) is 12.7. The van der Waals surface area contributed by atoms with Gasteiger partial charge in [0, 0.05) is 17.0 Å². The van der Waals surface area contributed by atoms with Gasteiger partial charge in [0.2, 0.25) is 0 Å². The molecular weight excluding hydrogens is 334 g/mol. The zero-order chi connectivity index (χ0) is 16.4. The van der Waals surface area contributed by atoms with Crippen molar-refractivity contribution >= 4 is 38.8 Å². The number of halogens is 1. The van der Waals surface area contributed by atoms with Gasteiger partial charge in [0.25, 0.3) is 0 Å². The zero-order valence-corrected chi connectivity index (χ0v) is 14.2. The van der Waals surface area contributed by atoms with Crippen LogP contribution in [0.25, 0.3) is 10.2 Å². The minimum absolute atomic E-state index is 0.0362. The Morgan fingerprint density at radius 2 is 2.35 bits per heavy atom. The van der Waals surface area contributed by atoms with Crippen LogP contribution in [0.2, 0.25) is 5.15 Å². The number of rotatable bonds is 6. The zero-order valence-electron chi connectivity index (χ0n) is 12.7. The summed E-state index contributed by atoms with van der Waals surface area (Å²) in [7, 11) is 0. The fraction of sp³-hybridized carbons (Fsp3) is 0.312. The number of aliphatic hydroxyl groups excluding tert-OH is 1. The Bertz CT molecular complexity index is 801. The highest BCUT2D eigenvalue weighted by atomic mass is 35.5. The molecule has 0 amide bonds. The fourth-order valence-electron chi connectivity index (χ4n) is 2.42. The summed E-state index contributed by atoms with van der Waals surface area (Å²) in [6.45, 7) is 2.55.